The van der Waals surface area contributed by atoms with Crippen LogP contribution in [0.3, 0.4) is 0 Å². The summed E-state index contributed by atoms with van der Waals surface area (Å²) in [6, 6.07) is 0. The Labute approximate surface area is 91.5 Å². The van der Waals surface area contributed by atoms with Crippen molar-refractivity contribution in [3.63, 3.8) is 0 Å². The fourth-order valence-electron chi connectivity index (χ4n) is 1.69. The molecule has 88 valence electrons. The topological polar surface area (TPSA) is 63.2 Å². The van der Waals surface area contributed by atoms with Gasteiger partial charge in [0.05, 0.1) is 11.8 Å². The van der Waals surface area contributed by atoms with Crippen LogP contribution in [0, 0.1) is 5.92 Å². The summed E-state index contributed by atoms with van der Waals surface area (Å²) in [5, 5.41) is -0.280. The van der Waals surface area contributed by atoms with Gasteiger partial charge in [-0.05, 0) is 12.8 Å². The Morgan fingerprint density at radius 3 is 2.33 bits per heavy atom. The van der Waals surface area contributed by atoms with E-state index >= 15 is 0 Å². The second-order valence-corrected chi connectivity index (χ2v) is 6.44. The van der Waals surface area contributed by atoms with Crippen LogP contribution in [0.15, 0.2) is 0 Å². The lowest BCUT2D eigenvalue weighted by molar-refractivity contribution is -0.120. The summed E-state index contributed by atoms with van der Waals surface area (Å²) < 4.78 is 25.8. The summed E-state index contributed by atoms with van der Waals surface area (Å²) in [6.45, 7) is 3.48. The molecule has 0 aliphatic heterocycles. The highest BCUT2D eigenvalue weighted by Crippen LogP contribution is 2.23. The van der Waals surface area contributed by atoms with Crippen LogP contribution in [-0.2, 0) is 14.8 Å². The van der Waals surface area contributed by atoms with Crippen LogP contribution >= 0.6 is 0 Å². The second kappa shape index (κ2) is 5.07. The van der Waals surface area contributed by atoms with Crippen molar-refractivity contribution in [2.24, 2.45) is 5.92 Å². The van der Waals surface area contributed by atoms with Crippen molar-refractivity contribution < 1.29 is 13.2 Å². The van der Waals surface area contributed by atoms with Gasteiger partial charge in [-0.25, -0.2) is 13.1 Å². The SMILES string of the molecule is CC(C)C(=O)CNS(=O)(=O)C1CCCC1. The molecule has 0 radical (unpaired) electrons. The van der Waals surface area contributed by atoms with E-state index in [9.17, 15) is 13.2 Å². The summed E-state index contributed by atoms with van der Waals surface area (Å²) in [5.41, 5.74) is 0. The Kier molecular flexibility index (Phi) is 4.28. The number of nitrogens with one attached hydrogen (secondary N) is 1. The maximum Gasteiger partial charge on any atom is 0.214 e. The first-order valence-corrected chi connectivity index (χ1v) is 6.99. The van der Waals surface area contributed by atoms with Crippen molar-refractivity contribution in [2.45, 2.75) is 44.8 Å². The van der Waals surface area contributed by atoms with Gasteiger partial charge in [0.2, 0.25) is 10.0 Å². The minimum Gasteiger partial charge on any atom is -0.298 e. The number of Topliss-reactive ketones (excluding diaryl/α,β-unsaturated/α-hetero) is 1. The molecular formula is C10H19NO3S. The second-order valence-electron chi connectivity index (χ2n) is 4.39. The van der Waals surface area contributed by atoms with Crippen molar-refractivity contribution in [3.8, 4) is 0 Å². The highest BCUT2D eigenvalue weighted by molar-refractivity contribution is 7.90. The van der Waals surface area contributed by atoms with E-state index in [1.165, 1.54) is 0 Å². The van der Waals surface area contributed by atoms with Crippen molar-refractivity contribution in [1.29, 1.82) is 0 Å². The Hall–Kier alpha value is -0.420. The van der Waals surface area contributed by atoms with Crippen molar-refractivity contribution in [2.75, 3.05) is 6.54 Å². The molecule has 0 unspecified atom stereocenters. The predicted octanol–water partition coefficient (Wildman–Crippen LogP) is 1.07. The fraction of sp³-hybridized carbons (Fsp3) is 0.900. The number of carbonyl (C=O) groups is 1. The predicted molar refractivity (Wildman–Crippen MR) is 59.0 cm³/mol. The summed E-state index contributed by atoms with van der Waals surface area (Å²) in [6.07, 6.45) is 3.41. The molecular weight excluding hydrogens is 214 g/mol. The summed E-state index contributed by atoms with van der Waals surface area (Å²) in [4.78, 5) is 11.3. The molecule has 1 aliphatic rings. The molecule has 0 aromatic carbocycles. The summed E-state index contributed by atoms with van der Waals surface area (Å²) >= 11 is 0. The molecule has 0 spiro atoms. The normalized spacial score (nSPS) is 18.6. The van der Waals surface area contributed by atoms with Gasteiger partial charge >= 0.3 is 0 Å². The Morgan fingerprint density at radius 1 is 1.33 bits per heavy atom. The van der Waals surface area contributed by atoms with Crippen molar-refractivity contribution in [1.82, 2.24) is 4.72 Å². The average molecular weight is 233 g/mol. The third kappa shape index (κ3) is 3.57. The first kappa shape index (κ1) is 12.6. The zero-order chi connectivity index (χ0) is 11.5. The van der Waals surface area contributed by atoms with E-state index in [0.29, 0.717) is 0 Å². The van der Waals surface area contributed by atoms with Gasteiger partial charge in [0.1, 0.15) is 5.78 Å². The van der Waals surface area contributed by atoms with E-state index in [-0.39, 0.29) is 23.5 Å². The van der Waals surface area contributed by atoms with Crippen LogP contribution in [0.25, 0.3) is 0 Å². The van der Waals surface area contributed by atoms with E-state index in [1.54, 1.807) is 13.8 Å². The number of hydrogen-bond acceptors (Lipinski definition) is 3. The van der Waals surface area contributed by atoms with Gasteiger partial charge in [0, 0.05) is 5.92 Å². The van der Waals surface area contributed by atoms with Crippen LogP contribution in [0.5, 0.6) is 0 Å². The number of ketones is 1. The zero-order valence-corrected chi connectivity index (χ0v) is 10.1. The fourth-order valence-corrected chi connectivity index (χ4v) is 3.23. The van der Waals surface area contributed by atoms with Crippen molar-refractivity contribution in [3.05, 3.63) is 0 Å². The smallest absolute Gasteiger partial charge is 0.214 e. The average Bonchev–Trinajstić information content (AvgIpc) is 2.67. The minimum absolute atomic E-state index is 0.0587. The van der Waals surface area contributed by atoms with E-state index in [2.05, 4.69) is 4.72 Å². The lowest BCUT2D eigenvalue weighted by Crippen LogP contribution is -2.37. The Morgan fingerprint density at radius 2 is 1.87 bits per heavy atom. The monoisotopic (exact) mass is 233 g/mol. The number of carbonyl (C=O) groups excluding carboxylic acids is 1. The first-order chi connectivity index (χ1) is 6.93. The van der Waals surface area contributed by atoms with Gasteiger partial charge in [-0.15, -0.1) is 0 Å². The van der Waals surface area contributed by atoms with Crippen LogP contribution in [0.4, 0.5) is 0 Å². The molecule has 1 fully saturated rings. The molecule has 0 heterocycles. The minimum atomic E-state index is -3.26. The van der Waals surface area contributed by atoms with Gasteiger partial charge < -0.3 is 0 Å². The van der Waals surface area contributed by atoms with Crippen LogP contribution in [0.2, 0.25) is 0 Å². The largest absolute Gasteiger partial charge is 0.298 e. The molecule has 0 aromatic heterocycles. The van der Waals surface area contributed by atoms with Gasteiger partial charge in [-0.1, -0.05) is 26.7 Å². The Balaban J connectivity index is 2.46. The van der Waals surface area contributed by atoms with Crippen LogP contribution < -0.4 is 4.72 Å². The van der Waals surface area contributed by atoms with Gasteiger partial charge in [-0.3, -0.25) is 4.79 Å². The van der Waals surface area contributed by atoms with E-state index in [1.807, 2.05) is 0 Å². The zero-order valence-electron chi connectivity index (χ0n) is 9.32. The van der Waals surface area contributed by atoms with Crippen molar-refractivity contribution >= 4 is 15.8 Å². The molecule has 1 aliphatic carbocycles. The first-order valence-electron chi connectivity index (χ1n) is 5.44. The highest BCUT2D eigenvalue weighted by Gasteiger charge is 2.28. The molecule has 1 N–H and O–H groups in total. The van der Waals surface area contributed by atoms with E-state index in [4.69, 9.17) is 0 Å². The molecule has 0 saturated heterocycles. The van der Waals surface area contributed by atoms with E-state index < -0.39 is 10.0 Å². The molecule has 0 aromatic rings. The Bertz CT molecular complexity index is 316. The summed E-state index contributed by atoms with van der Waals surface area (Å²) in [7, 11) is -3.26. The number of sulfonamides is 1. The highest BCUT2D eigenvalue weighted by atomic mass is 32.2. The standard InChI is InChI=1S/C10H19NO3S/c1-8(2)10(12)7-11-15(13,14)9-5-3-4-6-9/h8-9,11H,3-7H2,1-2H3. The molecule has 4 nitrogen and oxygen atoms in total. The molecule has 1 saturated carbocycles. The molecule has 0 amide bonds. The maximum absolute atomic E-state index is 11.7. The molecule has 0 atom stereocenters. The third-order valence-corrected chi connectivity index (χ3v) is 4.73. The van der Waals surface area contributed by atoms with Gasteiger partial charge in [0.25, 0.3) is 0 Å². The molecule has 0 bridgehead atoms. The number of hydrogen-bond donors (Lipinski definition) is 1. The maximum atomic E-state index is 11.7. The van der Waals surface area contributed by atoms with Gasteiger partial charge in [-0.2, -0.15) is 0 Å². The van der Waals surface area contributed by atoms with Gasteiger partial charge in [0.15, 0.2) is 0 Å². The quantitative estimate of drug-likeness (QED) is 0.772. The third-order valence-electron chi connectivity index (χ3n) is 2.83. The lowest BCUT2D eigenvalue weighted by atomic mass is 10.1. The van der Waals surface area contributed by atoms with Crippen LogP contribution in [0.1, 0.15) is 39.5 Å². The molecule has 1 rings (SSSR count). The van der Waals surface area contributed by atoms with Crippen LogP contribution in [-0.4, -0.2) is 26.0 Å². The molecule has 15 heavy (non-hydrogen) atoms. The lowest BCUT2D eigenvalue weighted by Gasteiger charge is -2.12. The summed E-state index contributed by atoms with van der Waals surface area (Å²) in [5.74, 6) is -0.173. The van der Waals surface area contributed by atoms with E-state index in [0.717, 1.165) is 25.7 Å². The molecule has 5 heteroatoms. The number of rotatable bonds is 5.